The highest BCUT2D eigenvalue weighted by atomic mass is 35.5. The highest BCUT2D eigenvalue weighted by Gasteiger charge is 2.22. The van der Waals surface area contributed by atoms with Crippen molar-refractivity contribution in [1.29, 1.82) is 0 Å². The first-order valence-electron chi connectivity index (χ1n) is 6.80. The second kappa shape index (κ2) is 6.05. The third-order valence-electron chi connectivity index (χ3n) is 3.47. The molecule has 0 aromatic carbocycles. The molecular formula is C13H15ClN6OS. The Morgan fingerprint density at radius 1 is 1.32 bits per heavy atom. The number of hydrogen-bond donors (Lipinski definition) is 1. The molecule has 0 bridgehead atoms. The Hall–Kier alpha value is -1.93. The molecule has 1 aliphatic rings. The molecule has 3 rings (SSSR count). The summed E-state index contributed by atoms with van der Waals surface area (Å²) in [5, 5.41) is 1.39. The van der Waals surface area contributed by atoms with Crippen LogP contribution in [-0.2, 0) is 0 Å². The normalized spacial score (nSPS) is 15.2. The maximum atomic E-state index is 11.1. The second-order valence-corrected chi connectivity index (χ2v) is 6.13. The third-order valence-corrected chi connectivity index (χ3v) is 4.62. The summed E-state index contributed by atoms with van der Waals surface area (Å²) in [5.74, 6) is 0.950. The topological polar surface area (TPSA) is 88.2 Å². The van der Waals surface area contributed by atoms with E-state index in [1.807, 2.05) is 6.92 Å². The van der Waals surface area contributed by atoms with Crippen molar-refractivity contribution in [2.24, 2.45) is 5.73 Å². The van der Waals surface area contributed by atoms with Crippen LogP contribution in [0.1, 0.15) is 16.2 Å². The van der Waals surface area contributed by atoms with E-state index in [-0.39, 0.29) is 0 Å². The van der Waals surface area contributed by atoms with Crippen molar-refractivity contribution in [2.75, 3.05) is 36.0 Å². The number of nitrogens with two attached hydrogens (primary N) is 1. The lowest BCUT2D eigenvalue weighted by molar-refractivity contribution is 0.1000. The number of anilines is 2. The van der Waals surface area contributed by atoms with Crippen molar-refractivity contribution in [3.8, 4) is 0 Å². The molecule has 9 heteroatoms. The Labute approximate surface area is 136 Å². The van der Waals surface area contributed by atoms with E-state index in [0.29, 0.717) is 16.4 Å². The van der Waals surface area contributed by atoms with E-state index < -0.39 is 5.91 Å². The van der Waals surface area contributed by atoms with Gasteiger partial charge in [-0.2, -0.15) is 4.37 Å². The van der Waals surface area contributed by atoms with Crippen LogP contribution in [0.3, 0.4) is 0 Å². The molecule has 1 fully saturated rings. The molecular weight excluding hydrogens is 324 g/mol. The standard InChI is InChI=1S/C13H15ClN6OS/c1-8-17-13(22-18-8)20-4-2-19(3-5-20)12-10(14)6-9(7-16-12)11(15)21/h6-7H,2-5H2,1H3,(H2,15,21). The molecule has 22 heavy (non-hydrogen) atoms. The van der Waals surface area contributed by atoms with Crippen LogP contribution < -0.4 is 15.5 Å². The van der Waals surface area contributed by atoms with Crippen molar-refractivity contribution >= 4 is 40.0 Å². The van der Waals surface area contributed by atoms with Gasteiger partial charge in [0.1, 0.15) is 11.6 Å². The van der Waals surface area contributed by atoms with Crippen LogP contribution in [0, 0.1) is 6.92 Å². The van der Waals surface area contributed by atoms with Gasteiger partial charge >= 0.3 is 0 Å². The fourth-order valence-corrected chi connectivity index (χ4v) is 3.33. The molecule has 0 unspecified atom stereocenters. The number of carbonyl (C=O) groups excluding carboxylic acids is 1. The molecule has 2 N–H and O–H groups in total. The number of pyridine rings is 1. The first-order chi connectivity index (χ1) is 10.5. The third kappa shape index (κ3) is 2.97. The number of nitrogens with zero attached hydrogens (tertiary/aromatic N) is 5. The van der Waals surface area contributed by atoms with Crippen molar-refractivity contribution in [2.45, 2.75) is 6.92 Å². The smallest absolute Gasteiger partial charge is 0.250 e. The Kier molecular flexibility index (Phi) is 4.12. The number of piperazine rings is 1. The summed E-state index contributed by atoms with van der Waals surface area (Å²) in [6, 6.07) is 1.56. The Morgan fingerprint density at radius 2 is 2.00 bits per heavy atom. The molecule has 0 saturated carbocycles. The quantitative estimate of drug-likeness (QED) is 0.908. The number of primary amides is 1. The molecule has 0 atom stereocenters. The number of rotatable bonds is 3. The first-order valence-corrected chi connectivity index (χ1v) is 7.95. The number of aromatic nitrogens is 3. The average Bonchev–Trinajstić information content (AvgIpc) is 2.94. The predicted molar refractivity (Wildman–Crippen MR) is 86.8 cm³/mol. The summed E-state index contributed by atoms with van der Waals surface area (Å²) in [6.45, 7) is 5.09. The van der Waals surface area contributed by atoms with Gasteiger partial charge in [-0.05, 0) is 13.0 Å². The van der Waals surface area contributed by atoms with Gasteiger partial charge in [0.25, 0.3) is 0 Å². The molecule has 116 valence electrons. The van der Waals surface area contributed by atoms with Crippen LogP contribution in [0.2, 0.25) is 5.02 Å². The highest BCUT2D eigenvalue weighted by Crippen LogP contribution is 2.26. The molecule has 3 heterocycles. The minimum Gasteiger partial charge on any atom is -0.366 e. The molecule has 1 amide bonds. The van der Waals surface area contributed by atoms with Gasteiger partial charge in [0.05, 0.1) is 10.6 Å². The molecule has 1 saturated heterocycles. The average molecular weight is 339 g/mol. The van der Waals surface area contributed by atoms with Gasteiger partial charge in [0.2, 0.25) is 11.0 Å². The number of carbonyl (C=O) groups is 1. The van der Waals surface area contributed by atoms with Crippen LogP contribution in [-0.4, -0.2) is 46.4 Å². The van der Waals surface area contributed by atoms with Gasteiger partial charge in [0, 0.05) is 43.9 Å². The maximum Gasteiger partial charge on any atom is 0.250 e. The number of hydrogen-bond acceptors (Lipinski definition) is 7. The van der Waals surface area contributed by atoms with E-state index in [4.69, 9.17) is 17.3 Å². The van der Waals surface area contributed by atoms with Crippen LogP contribution in [0.25, 0.3) is 0 Å². The summed E-state index contributed by atoms with van der Waals surface area (Å²) < 4.78 is 4.21. The van der Waals surface area contributed by atoms with Crippen molar-refractivity contribution in [3.05, 3.63) is 28.7 Å². The van der Waals surface area contributed by atoms with Crippen LogP contribution in [0.4, 0.5) is 10.9 Å². The predicted octanol–water partition coefficient (Wildman–Crippen LogP) is 1.32. The fraction of sp³-hybridized carbons (Fsp3) is 0.385. The summed E-state index contributed by atoms with van der Waals surface area (Å²) in [6.07, 6.45) is 1.46. The second-order valence-electron chi connectivity index (χ2n) is 4.99. The summed E-state index contributed by atoms with van der Waals surface area (Å²) in [7, 11) is 0. The van der Waals surface area contributed by atoms with E-state index >= 15 is 0 Å². The minimum absolute atomic E-state index is 0.316. The summed E-state index contributed by atoms with van der Waals surface area (Å²) in [5.41, 5.74) is 5.54. The Bertz CT molecular complexity index is 698. The molecule has 2 aromatic rings. The zero-order valence-electron chi connectivity index (χ0n) is 12.0. The van der Waals surface area contributed by atoms with Gasteiger partial charge < -0.3 is 15.5 Å². The zero-order valence-corrected chi connectivity index (χ0v) is 13.6. The van der Waals surface area contributed by atoms with Crippen LogP contribution in [0.5, 0.6) is 0 Å². The SMILES string of the molecule is Cc1nsc(N2CCN(c3ncc(C(N)=O)cc3Cl)CC2)n1. The monoisotopic (exact) mass is 338 g/mol. The lowest BCUT2D eigenvalue weighted by Gasteiger charge is -2.35. The minimum atomic E-state index is -0.530. The lowest BCUT2D eigenvalue weighted by Crippen LogP contribution is -2.47. The van der Waals surface area contributed by atoms with Crippen molar-refractivity contribution in [1.82, 2.24) is 14.3 Å². The maximum absolute atomic E-state index is 11.1. The molecule has 0 aliphatic carbocycles. The van der Waals surface area contributed by atoms with E-state index in [9.17, 15) is 4.79 Å². The van der Waals surface area contributed by atoms with Crippen molar-refractivity contribution < 1.29 is 4.79 Å². The summed E-state index contributed by atoms with van der Waals surface area (Å²) in [4.78, 5) is 24.1. The highest BCUT2D eigenvalue weighted by molar-refractivity contribution is 7.09. The Balaban J connectivity index is 1.70. The molecule has 7 nitrogen and oxygen atoms in total. The lowest BCUT2D eigenvalue weighted by atomic mass is 10.2. The molecule has 0 spiro atoms. The van der Waals surface area contributed by atoms with Gasteiger partial charge in [-0.3, -0.25) is 4.79 Å². The van der Waals surface area contributed by atoms with Gasteiger partial charge in [-0.15, -0.1) is 0 Å². The van der Waals surface area contributed by atoms with E-state index in [2.05, 4.69) is 24.1 Å². The number of halogens is 1. The van der Waals surface area contributed by atoms with Gasteiger partial charge in [0.15, 0.2) is 0 Å². The molecule has 1 aliphatic heterocycles. The molecule has 0 radical (unpaired) electrons. The molecule has 2 aromatic heterocycles. The number of aryl methyl sites for hydroxylation is 1. The van der Waals surface area contributed by atoms with Gasteiger partial charge in [-0.25, -0.2) is 9.97 Å². The van der Waals surface area contributed by atoms with E-state index in [1.165, 1.54) is 17.7 Å². The van der Waals surface area contributed by atoms with Crippen molar-refractivity contribution in [3.63, 3.8) is 0 Å². The Morgan fingerprint density at radius 3 is 2.55 bits per heavy atom. The fourth-order valence-electron chi connectivity index (χ4n) is 2.32. The zero-order chi connectivity index (χ0) is 15.7. The number of amides is 1. The van der Waals surface area contributed by atoms with Gasteiger partial charge in [-0.1, -0.05) is 11.6 Å². The van der Waals surface area contributed by atoms with E-state index in [1.54, 1.807) is 6.07 Å². The van der Waals surface area contributed by atoms with E-state index in [0.717, 1.165) is 37.1 Å². The summed E-state index contributed by atoms with van der Waals surface area (Å²) >= 11 is 7.63. The van der Waals surface area contributed by atoms with Crippen LogP contribution >= 0.6 is 23.1 Å². The largest absolute Gasteiger partial charge is 0.366 e. The van der Waals surface area contributed by atoms with Crippen LogP contribution in [0.15, 0.2) is 12.3 Å². The first kappa shape index (κ1) is 15.0.